The molecule has 0 spiro atoms. The van der Waals surface area contributed by atoms with Crippen molar-refractivity contribution >= 4 is 12.1 Å². The number of nitrogens with two attached hydrogens (primary N) is 1. The molecule has 160 valence electrons. The molecule has 0 aliphatic heterocycles. The van der Waals surface area contributed by atoms with Crippen LogP contribution in [0.25, 0.3) is 11.1 Å². The van der Waals surface area contributed by atoms with Crippen molar-refractivity contribution in [3.05, 3.63) is 59.7 Å². The molecule has 3 rings (SSSR count). The average Bonchev–Trinajstić information content (AvgIpc) is 3.08. The molecule has 0 bridgehead atoms. The lowest BCUT2D eigenvalue weighted by Gasteiger charge is -2.22. The van der Waals surface area contributed by atoms with Gasteiger partial charge in [0.15, 0.2) is 0 Å². The normalized spacial score (nSPS) is 12.2. The third-order valence-electron chi connectivity index (χ3n) is 4.99. The van der Waals surface area contributed by atoms with Crippen LogP contribution >= 0.6 is 0 Å². The predicted octanol–water partition coefficient (Wildman–Crippen LogP) is 2.78. The van der Waals surface area contributed by atoms with E-state index in [1.807, 2.05) is 24.3 Å². The van der Waals surface area contributed by atoms with Crippen LogP contribution in [0.15, 0.2) is 48.5 Å². The topological polar surface area (TPSA) is 91.1 Å². The highest BCUT2D eigenvalue weighted by atomic mass is 16.6. The maximum Gasteiger partial charge on any atom is 0.410 e. The molecule has 0 unspecified atom stereocenters. The van der Waals surface area contributed by atoms with Gasteiger partial charge in [0.2, 0.25) is 0 Å². The summed E-state index contributed by atoms with van der Waals surface area (Å²) < 4.78 is 16.0. The van der Waals surface area contributed by atoms with Crippen LogP contribution in [0.5, 0.6) is 0 Å². The highest BCUT2D eigenvalue weighted by Gasteiger charge is 2.30. The lowest BCUT2D eigenvalue weighted by molar-refractivity contribution is -0.144. The largest absolute Gasteiger partial charge is 0.465 e. The molecule has 2 aromatic rings. The van der Waals surface area contributed by atoms with E-state index < -0.39 is 12.1 Å². The lowest BCUT2D eigenvalue weighted by atomic mass is 9.98. The number of carbonyl (C=O) groups is 2. The first-order valence-electron chi connectivity index (χ1n) is 10.2. The van der Waals surface area contributed by atoms with Crippen LogP contribution in [0.4, 0.5) is 4.79 Å². The van der Waals surface area contributed by atoms with Gasteiger partial charge in [-0.3, -0.25) is 9.69 Å². The summed E-state index contributed by atoms with van der Waals surface area (Å²) in [5.74, 6) is -0.524. The van der Waals surface area contributed by atoms with Crippen LogP contribution < -0.4 is 5.73 Å². The number of ether oxygens (including phenoxy) is 3. The second kappa shape index (κ2) is 10.8. The Morgan fingerprint density at radius 2 is 1.60 bits per heavy atom. The minimum absolute atomic E-state index is 0.0423. The van der Waals surface area contributed by atoms with Crippen LogP contribution in [0.1, 0.15) is 24.0 Å². The van der Waals surface area contributed by atoms with Crippen LogP contribution in [-0.4, -0.2) is 63.0 Å². The van der Waals surface area contributed by atoms with E-state index >= 15 is 0 Å². The Morgan fingerprint density at radius 3 is 2.20 bits per heavy atom. The van der Waals surface area contributed by atoms with Gasteiger partial charge < -0.3 is 19.9 Å². The molecule has 0 aromatic heterocycles. The Kier molecular flexibility index (Phi) is 7.82. The SMILES string of the molecule is CCOC(=O)CN(CCOCCN)C(=O)OCC1c2ccccc2-c2ccccc21. The van der Waals surface area contributed by atoms with Gasteiger partial charge in [0, 0.05) is 19.0 Å². The number of esters is 1. The third kappa shape index (κ3) is 5.17. The fourth-order valence-electron chi connectivity index (χ4n) is 3.64. The fourth-order valence-corrected chi connectivity index (χ4v) is 3.64. The number of benzene rings is 2. The van der Waals surface area contributed by atoms with Crippen molar-refractivity contribution in [2.75, 3.05) is 46.1 Å². The molecule has 2 aromatic carbocycles. The number of hydrogen-bond acceptors (Lipinski definition) is 6. The van der Waals surface area contributed by atoms with Crippen molar-refractivity contribution in [3.8, 4) is 11.1 Å². The summed E-state index contributed by atoms with van der Waals surface area (Å²) >= 11 is 0. The molecule has 7 nitrogen and oxygen atoms in total. The number of carbonyl (C=O) groups excluding carboxylic acids is 2. The molecule has 2 N–H and O–H groups in total. The molecular formula is C23H28N2O5. The maximum atomic E-state index is 12.7. The van der Waals surface area contributed by atoms with Gasteiger partial charge in [0.25, 0.3) is 0 Å². The average molecular weight is 412 g/mol. The third-order valence-corrected chi connectivity index (χ3v) is 4.99. The number of nitrogens with zero attached hydrogens (tertiary/aromatic N) is 1. The van der Waals surface area contributed by atoms with E-state index in [0.717, 1.165) is 22.3 Å². The Hall–Kier alpha value is -2.90. The highest BCUT2D eigenvalue weighted by molar-refractivity contribution is 5.80. The van der Waals surface area contributed by atoms with Crippen molar-refractivity contribution in [1.82, 2.24) is 4.90 Å². The summed E-state index contributed by atoms with van der Waals surface area (Å²) in [5.41, 5.74) is 10.0. The van der Waals surface area contributed by atoms with Crippen LogP contribution in [-0.2, 0) is 19.0 Å². The predicted molar refractivity (Wildman–Crippen MR) is 113 cm³/mol. The van der Waals surface area contributed by atoms with Gasteiger partial charge >= 0.3 is 12.1 Å². The Morgan fingerprint density at radius 1 is 0.967 bits per heavy atom. The molecule has 30 heavy (non-hydrogen) atoms. The van der Waals surface area contributed by atoms with Gasteiger partial charge in [-0.05, 0) is 29.2 Å². The molecule has 1 aliphatic carbocycles. The van der Waals surface area contributed by atoms with Crippen molar-refractivity contribution in [1.29, 1.82) is 0 Å². The quantitative estimate of drug-likeness (QED) is 0.477. The van der Waals surface area contributed by atoms with E-state index in [-0.39, 0.29) is 38.8 Å². The van der Waals surface area contributed by atoms with E-state index in [1.165, 1.54) is 4.90 Å². The summed E-state index contributed by atoms with van der Waals surface area (Å²) in [5, 5.41) is 0. The van der Waals surface area contributed by atoms with Crippen LogP contribution in [0.3, 0.4) is 0 Å². The zero-order valence-corrected chi connectivity index (χ0v) is 17.2. The molecule has 0 radical (unpaired) electrons. The molecule has 0 atom stereocenters. The maximum absolute atomic E-state index is 12.7. The smallest absolute Gasteiger partial charge is 0.410 e. The van der Waals surface area contributed by atoms with Gasteiger partial charge in [0.1, 0.15) is 13.2 Å². The summed E-state index contributed by atoms with van der Waals surface area (Å²) in [7, 11) is 0. The molecule has 0 saturated heterocycles. The number of amides is 1. The van der Waals surface area contributed by atoms with Crippen LogP contribution in [0, 0.1) is 0 Å². The van der Waals surface area contributed by atoms with E-state index in [0.29, 0.717) is 13.2 Å². The van der Waals surface area contributed by atoms with Crippen molar-refractivity contribution < 1.29 is 23.8 Å². The molecule has 7 heteroatoms. The van der Waals surface area contributed by atoms with E-state index in [9.17, 15) is 9.59 Å². The van der Waals surface area contributed by atoms with Crippen molar-refractivity contribution in [2.45, 2.75) is 12.8 Å². The summed E-state index contributed by atoms with van der Waals surface area (Å²) in [6, 6.07) is 16.3. The number of fused-ring (bicyclic) bond motifs is 3. The second-order valence-corrected chi connectivity index (χ2v) is 6.93. The van der Waals surface area contributed by atoms with Crippen molar-refractivity contribution in [3.63, 3.8) is 0 Å². The monoisotopic (exact) mass is 412 g/mol. The minimum Gasteiger partial charge on any atom is -0.465 e. The first-order valence-corrected chi connectivity index (χ1v) is 10.2. The summed E-state index contributed by atoms with van der Waals surface area (Å²) in [6.45, 7) is 3.24. The van der Waals surface area contributed by atoms with Gasteiger partial charge in [-0.15, -0.1) is 0 Å². The summed E-state index contributed by atoms with van der Waals surface area (Å²) in [6.07, 6.45) is -0.568. The minimum atomic E-state index is -0.568. The molecule has 0 saturated carbocycles. The van der Waals surface area contributed by atoms with Gasteiger partial charge in [-0.2, -0.15) is 0 Å². The number of rotatable bonds is 10. The zero-order valence-electron chi connectivity index (χ0n) is 17.2. The first kappa shape index (κ1) is 21.8. The van der Waals surface area contributed by atoms with E-state index in [4.69, 9.17) is 19.9 Å². The molecule has 1 amide bonds. The number of hydrogen-bond donors (Lipinski definition) is 1. The highest BCUT2D eigenvalue weighted by Crippen LogP contribution is 2.44. The molecular weight excluding hydrogens is 384 g/mol. The second-order valence-electron chi connectivity index (χ2n) is 6.93. The van der Waals surface area contributed by atoms with E-state index in [1.54, 1.807) is 6.92 Å². The van der Waals surface area contributed by atoms with Gasteiger partial charge in [-0.25, -0.2) is 4.79 Å². The lowest BCUT2D eigenvalue weighted by Crippen LogP contribution is -2.39. The molecule has 0 fully saturated rings. The van der Waals surface area contributed by atoms with Gasteiger partial charge in [0.05, 0.1) is 19.8 Å². The molecule has 0 heterocycles. The van der Waals surface area contributed by atoms with Crippen molar-refractivity contribution in [2.24, 2.45) is 5.73 Å². The Balaban J connectivity index is 1.67. The zero-order chi connectivity index (χ0) is 21.3. The molecule has 1 aliphatic rings. The first-order chi connectivity index (χ1) is 14.7. The van der Waals surface area contributed by atoms with Gasteiger partial charge in [-0.1, -0.05) is 48.5 Å². The van der Waals surface area contributed by atoms with E-state index in [2.05, 4.69) is 24.3 Å². The van der Waals surface area contributed by atoms with Crippen LogP contribution in [0.2, 0.25) is 0 Å². The Bertz CT molecular complexity index is 825. The fraction of sp³-hybridized carbons (Fsp3) is 0.391. The Labute approximate surface area is 176 Å². The summed E-state index contributed by atoms with van der Waals surface area (Å²) in [4.78, 5) is 26.0. The standard InChI is InChI=1S/C23H28N2O5/c1-2-29-22(26)15-25(12-14-28-13-11-24)23(27)30-16-21-19-9-5-3-7-17(19)18-8-4-6-10-20(18)21/h3-10,21H,2,11-16,24H2,1H3.